The van der Waals surface area contributed by atoms with Crippen LogP contribution in [0.15, 0.2) is 60.7 Å². The third kappa shape index (κ3) is 4.16. The van der Waals surface area contributed by atoms with E-state index in [0.29, 0.717) is 6.04 Å². The first kappa shape index (κ1) is 15.7. The lowest BCUT2D eigenvalue weighted by atomic mass is 9.80. The normalized spacial score (nSPS) is 14.7. The summed E-state index contributed by atoms with van der Waals surface area (Å²) in [6.07, 6.45) is 0. The van der Waals surface area contributed by atoms with Crippen molar-refractivity contribution in [3.8, 4) is 0 Å². The van der Waals surface area contributed by atoms with Crippen molar-refractivity contribution in [3.05, 3.63) is 71.8 Å². The lowest BCUT2D eigenvalue weighted by Crippen LogP contribution is -2.39. The van der Waals surface area contributed by atoms with Crippen LogP contribution in [-0.4, -0.2) is 6.54 Å². The molecular formula is C19H26N2. The van der Waals surface area contributed by atoms with Crippen LogP contribution in [0.25, 0.3) is 0 Å². The van der Waals surface area contributed by atoms with E-state index in [0.717, 1.165) is 6.54 Å². The van der Waals surface area contributed by atoms with E-state index in [9.17, 15) is 0 Å². The molecule has 2 atom stereocenters. The molecule has 0 amide bonds. The molecule has 0 saturated heterocycles. The van der Waals surface area contributed by atoms with Crippen molar-refractivity contribution >= 4 is 0 Å². The van der Waals surface area contributed by atoms with Crippen LogP contribution in [0, 0.1) is 5.41 Å². The molecule has 2 aromatic carbocycles. The van der Waals surface area contributed by atoms with Crippen molar-refractivity contribution in [2.45, 2.75) is 32.9 Å². The Morgan fingerprint density at radius 2 is 1.38 bits per heavy atom. The Labute approximate surface area is 128 Å². The molecule has 3 N–H and O–H groups in total. The number of nitrogens with one attached hydrogen (secondary N) is 1. The zero-order valence-corrected chi connectivity index (χ0v) is 13.2. The largest absolute Gasteiger partial charge is 0.323 e. The van der Waals surface area contributed by atoms with Crippen LogP contribution < -0.4 is 11.1 Å². The second kappa shape index (κ2) is 6.88. The molecule has 0 spiro atoms. The third-order valence-corrected chi connectivity index (χ3v) is 4.16. The van der Waals surface area contributed by atoms with E-state index in [1.165, 1.54) is 11.1 Å². The van der Waals surface area contributed by atoms with Gasteiger partial charge in [0.2, 0.25) is 0 Å². The summed E-state index contributed by atoms with van der Waals surface area (Å²) in [7, 11) is 0. The first-order valence-electron chi connectivity index (χ1n) is 7.59. The van der Waals surface area contributed by atoms with Gasteiger partial charge in [-0.2, -0.15) is 0 Å². The summed E-state index contributed by atoms with van der Waals surface area (Å²) in [5.74, 6) is 0. The highest BCUT2D eigenvalue weighted by Gasteiger charge is 2.27. The molecule has 0 radical (unpaired) electrons. The summed E-state index contributed by atoms with van der Waals surface area (Å²) < 4.78 is 0. The molecular weight excluding hydrogens is 256 g/mol. The van der Waals surface area contributed by atoms with E-state index >= 15 is 0 Å². The molecule has 0 aliphatic heterocycles. The van der Waals surface area contributed by atoms with E-state index in [4.69, 9.17) is 5.73 Å². The summed E-state index contributed by atoms with van der Waals surface area (Å²) in [5.41, 5.74) is 8.95. The summed E-state index contributed by atoms with van der Waals surface area (Å²) in [6, 6.07) is 21.2. The second-order valence-corrected chi connectivity index (χ2v) is 6.39. The first-order chi connectivity index (χ1) is 10.0. The molecule has 21 heavy (non-hydrogen) atoms. The molecule has 0 bridgehead atoms. The highest BCUT2D eigenvalue weighted by molar-refractivity contribution is 5.21. The molecule has 0 aromatic heterocycles. The Kier molecular flexibility index (Phi) is 5.16. The molecule has 0 fully saturated rings. The maximum Gasteiger partial charge on any atom is 0.0359 e. The lowest BCUT2D eigenvalue weighted by molar-refractivity contribution is 0.264. The van der Waals surface area contributed by atoms with Gasteiger partial charge in [-0.15, -0.1) is 0 Å². The van der Waals surface area contributed by atoms with Crippen LogP contribution in [0.1, 0.15) is 44.0 Å². The molecule has 0 aliphatic rings. The van der Waals surface area contributed by atoms with Crippen LogP contribution in [0.3, 0.4) is 0 Å². The van der Waals surface area contributed by atoms with Gasteiger partial charge in [-0.1, -0.05) is 74.5 Å². The monoisotopic (exact) mass is 282 g/mol. The van der Waals surface area contributed by atoms with Crippen LogP contribution >= 0.6 is 0 Å². The first-order valence-corrected chi connectivity index (χ1v) is 7.59. The molecule has 0 saturated carbocycles. The van der Waals surface area contributed by atoms with Gasteiger partial charge >= 0.3 is 0 Å². The Bertz CT molecular complexity index is 534. The fourth-order valence-corrected chi connectivity index (χ4v) is 2.50. The smallest absolute Gasteiger partial charge is 0.0359 e. The van der Waals surface area contributed by atoms with Gasteiger partial charge in [-0.25, -0.2) is 0 Å². The lowest BCUT2D eigenvalue weighted by Gasteiger charge is -2.33. The van der Waals surface area contributed by atoms with Gasteiger partial charge in [0.05, 0.1) is 0 Å². The Morgan fingerprint density at radius 1 is 0.905 bits per heavy atom. The average Bonchev–Trinajstić information content (AvgIpc) is 2.53. The Balaban J connectivity index is 1.98. The summed E-state index contributed by atoms with van der Waals surface area (Å²) in [5, 5.41) is 3.61. The Morgan fingerprint density at radius 3 is 1.90 bits per heavy atom. The molecule has 2 heteroatoms. The quantitative estimate of drug-likeness (QED) is 0.838. The third-order valence-electron chi connectivity index (χ3n) is 4.16. The van der Waals surface area contributed by atoms with Gasteiger partial charge in [-0.3, -0.25) is 0 Å². The minimum absolute atomic E-state index is 0.00953. The van der Waals surface area contributed by atoms with E-state index in [2.05, 4.69) is 62.5 Å². The van der Waals surface area contributed by atoms with Crippen LogP contribution in [0.5, 0.6) is 0 Å². The van der Waals surface area contributed by atoms with Gasteiger partial charge in [0.15, 0.2) is 0 Å². The second-order valence-electron chi connectivity index (χ2n) is 6.39. The predicted octanol–water partition coefficient (Wildman–Crippen LogP) is 4.06. The summed E-state index contributed by atoms with van der Waals surface area (Å²) in [6.45, 7) is 7.50. The van der Waals surface area contributed by atoms with Crippen molar-refractivity contribution in [1.82, 2.24) is 5.32 Å². The average molecular weight is 282 g/mol. The number of nitrogens with two attached hydrogens (primary N) is 1. The highest BCUT2D eigenvalue weighted by atomic mass is 14.9. The van der Waals surface area contributed by atoms with Gasteiger partial charge in [-0.05, 0) is 23.5 Å². The molecule has 112 valence electrons. The van der Waals surface area contributed by atoms with Crippen LogP contribution in [-0.2, 0) is 0 Å². The maximum absolute atomic E-state index is 6.46. The van der Waals surface area contributed by atoms with E-state index < -0.39 is 0 Å². The standard InChI is InChI=1S/C19H26N2/c1-15(16-10-6-4-7-11-16)21-14-19(2,3)18(20)17-12-8-5-9-13-17/h4-13,15,18,21H,14,20H2,1-3H3/t15-,18?/m1/s1. The zero-order valence-electron chi connectivity index (χ0n) is 13.2. The van der Waals surface area contributed by atoms with E-state index in [1.54, 1.807) is 0 Å². The van der Waals surface area contributed by atoms with Gasteiger partial charge in [0.25, 0.3) is 0 Å². The van der Waals surface area contributed by atoms with Crippen molar-refractivity contribution in [3.63, 3.8) is 0 Å². The minimum atomic E-state index is -0.00953. The van der Waals surface area contributed by atoms with Gasteiger partial charge in [0.1, 0.15) is 0 Å². The molecule has 2 rings (SSSR count). The highest BCUT2D eigenvalue weighted by Crippen LogP contribution is 2.31. The fourth-order valence-electron chi connectivity index (χ4n) is 2.50. The minimum Gasteiger partial charge on any atom is -0.323 e. The summed E-state index contributed by atoms with van der Waals surface area (Å²) >= 11 is 0. The number of hydrogen-bond donors (Lipinski definition) is 2. The van der Waals surface area contributed by atoms with E-state index in [1.807, 2.05) is 24.3 Å². The van der Waals surface area contributed by atoms with Crippen molar-refractivity contribution in [2.24, 2.45) is 11.1 Å². The van der Waals surface area contributed by atoms with Crippen LogP contribution in [0.4, 0.5) is 0 Å². The van der Waals surface area contributed by atoms with Crippen molar-refractivity contribution in [2.75, 3.05) is 6.54 Å². The van der Waals surface area contributed by atoms with E-state index in [-0.39, 0.29) is 11.5 Å². The van der Waals surface area contributed by atoms with Crippen molar-refractivity contribution in [1.29, 1.82) is 0 Å². The number of benzene rings is 2. The molecule has 0 aliphatic carbocycles. The van der Waals surface area contributed by atoms with Crippen LogP contribution in [0.2, 0.25) is 0 Å². The SMILES string of the molecule is C[C@@H](NCC(C)(C)C(N)c1ccccc1)c1ccccc1. The van der Waals surface area contributed by atoms with Gasteiger partial charge < -0.3 is 11.1 Å². The van der Waals surface area contributed by atoms with Gasteiger partial charge in [0, 0.05) is 18.6 Å². The molecule has 2 nitrogen and oxygen atoms in total. The predicted molar refractivity (Wildman–Crippen MR) is 90.0 cm³/mol. The number of hydrogen-bond acceptors (Lipinski definition) is 2. The summed E-state index contributed by atoms with van der Waals surface area (Å²) in [4.78, 5) is 0. The zero-order chi connectivity index (χ0) is 15.3. The topological polar surface area (TPSA) is 38.0 Å². The molecule has 2 aromatic rings. The van der Waals surface area contributed by atoms with Crippen molar-refractivity contribution < 1.29 is 0 Å². The maximum atomic E-state index is 6.46. The Hall–Kier alpha value is -1.64. The fraction of sp³-hybridized carbons (Fsp3) is 0.368. The molecule has 1 unspecified atom stereocenters. The molecule has 0 heterocycles. The number of rotatable bonds is 6.